The molecule has 0 radical (unpaired) electrons. The van der Waals surface area contributed by atoms with Gasteiger partial charge < -0.3 is 9.84 Å². The largest absolute Gasteiger partial charge is 0.481 e. The van der Waals surface area contributed by atoms with Crippen LogP contribution in [0, 0.1) is 5.92 Å². The number of Topliss-reactive ketones (excluding diaryl/α,β-unsaturated/α-hetero) is 1. The van der Waals surface area contributed by atoms with E-state index in [9.17, 15) is 19.5 Å². The van der Waals surface area contributed by atoms with Crippen molar-refractivity contribution in [1.29, 1.82) is 0 Å². The molecule has 3 saturated heterocycles. The van der Waals surface area contributed by atoms with Crippen molar-refractivity contribution < 1.29 is 24.2 Å². The van der Waals surface area contributed by atoms with E-state index < -0.39 is 11.9 Å². The number of ether oxygens (including phenoxy) is 1. The van der Waals surface area contributed by atoms with Crippen molar-refractivity contribution in [2.75, 3.05) is 19.6 Å². The molecule has 0 spiro atoms. The molecule has 0 amide bonds. The van der Waals surface area contributed by atoms with Crippen LogP contribution >= 0.6 is 23.5 Å². The van der Waals surface area contributed by atoms with E-state index in [4.69, 9.17) is 4.74 Å². The predicted octanol–water partition coefficient (Wildman–Crippen LogP) is 0.957. The number of allylic oxidation sites excluding steroid dienone is 2. The molecule has 4 heterocycles. The fraction of sp³-hybridized carbons (Fsp3) is 0.632. The lowest BCUT2D eigenvalue weighted by Gasteiger charge is -2.51. The van der Waals surface area contributed by atoms with Gasteiger partial charge in [0.15, 0.2) is 11.6 Å². The number of hydrogen-bond donors (Lipinski definition) is 1. The van der Waals surface area contributed by atoms with Crippen LogP contribution in [0.2, 0.25) is 0 Å². The third kappa shape index (κ3) is 2.28. The lowest BCUT2D eigenvalue weighted by molar-refractivity contribution is -0.145. The number of thioether (sulfide) groups is 2. The molecule has 1 aliphatic carbocycles. The van der Waals surface area contributed by atoms with Crippen LogP contribution in [0.15, 0.2) is 22.1 Å². The summed E-state index contributed by atoms with van der Waals surface area (Å²) in [7, 11) is 1.96. The third-order valence-electron chi connectivity index (χ3n) is 6.98. The molecular weight excluding hydrogens is 400 g/mol. The van der Waals surface area contributed by atoms with Crippen LogP contribution in [0.25, 0.3) is 0 Å². The van der Waals surface area contributed by atoms with Gasteiger partial charge in [-0.25, -0.2) is 0 Å². The van der Waals surface area contributed by atoms with Crippen molar-refractivity contribution in [3.8, 4) is 0 Å². The van der Waals surface area contributed by atoms with Gasteiger partial charge in [0.1, 0.15) is 11.7 Å². The maximum Gasteiger partial charge on any atom is 0.308 e. The summed E-state index contributed by atoms with van der Waals surface area (Å²) in [5, 5.41) is 9.81. The number of carbonyl (C=O) groups excluding carboxylic acids is 2. The minimum absolute atomic E-state index is 0.0177. The van der Waals surface area contributed by atoms with Gasteiger partial charge in [0, 0.05) is 29.3 Å². The summed E-state index contributed by atoms with van der Waals surface area (Å²) >= 11 is 2.84. The Bertz CT molecular complexity index is 855. The van der Waals surface area contributed by atoms with E-state index in [1.165, 1.54) is 17.8 Å². The number of aliphatic carboxylic acids is 1. The van der Waals surface area contributed by atoms with Crippen LogP contribution in [-0.4, -0.2) is 87.8 Å². The van der Waals surface area contributed by atoms with Crippen LogP contribution in [0.1, 0.15) is 12.8 Å². The highest BCUT2D eigenvalue weighted by Gasteiger charge is 2.65. The summed E-state index contributed by atoms with van der Waals surface area (Å²) in [4.78, 5) is 42.9. The van der Waals surface area contributed by atoms with Crippen molar-refractivity contribution in [2.24, 2.45) is 5.92 Å². The average molecular weight is 423 g/mol. The molecule has 3 fully saturated rings. The molecule has 7 atom stereocenters. The van der Waals surface area contributed by atoms with Crippen molar-refractivity contribution in [3.63, 3.8) is 0 Å². The summed E-state index contributed by atoms with van der Waals surface area (Å²) in [6.45, 7) is 0. The number of likely N-dealkylation sites (N-methyl/N-ethyl adjacent to an activating group) is 1. The Labute approximate surface area is 171 Å². The number of fused-ring (bicyclic) bond motifs is 5. The van der Waals surface area contributed by atoms with Gasteiger partial charge in [-0.05, 0) is 32.4 Å². The Morgan fingerprint density at radius 2 is 2.04 bits per heavy atom. The second-order valence-corrected chi connectivity index (χ2v) is 9.78. The number of carboxylic acid groups (broad SMARTS) is 1. The Morgan fingerprint density at radius 1 is 1.29 bits per heavy atom. The smallest absolute Gasteiger partial charge is 0.308 e. The molecule has 0 saturated carbocycles. The first-order valence-corrected chi connectivity index (χ1v) is 11.9. The zero-order valence-corrected chi connectivity index (χ0v) is 17.5. The molecule has 0 aromatic rings. The topological polar surface area (TPSA) is 87.2 Å². The van der Waals surface area contributed by atoms with E-state index in [2.05, 4.69) is 9.80 Å². The highest BCUT2D eigenvalue weighted by Crippen LogP contribution is 2.53. The molecule has 9 heteroatoms. The first-order valence-electron chi connectivity index (χ1n) is 9.37. The maximum atomic E-state index is 13.1. The standard InChI is InChI=1S/C19H22N2O5S2/c1-20-10-5-8(18(24)25)14(20)9-4-7-13(11(22)6-12(27-2)16(7)23)15-19(28-3)26-17(10)21(9)15/h6,8-10,14-15,17,19H,4-5H2,1-3H3,(H,24,25)/t8-,9+,10+,14-,15-,17?,19?/m1/s1. The molecule has 150 valence electrons. The predicted molar refractivity (Wildman–Crippen MR) is 106 cm³/mol. The quantitative estimate of drug-likeness (QED) is 0.668. The monoisotopic (exact) mass is 422 g/mol. The first-order chi connectivity index (χ1) is 13.4. The van der Waals surface area contributed by atoms with Gasteiger partial charge in [-0.1, -0.05) is 0 Å². The van der Waals surface area contributed by atoms with Crippen molar-refractivity contribution in [2.45, 2.75) is 48.7 Å². The Kier molecular flexibility index (Phi) is 4.34. The van der Waals surface area contributed by atoms with Crippen LogP contribution in [-0.2, 0) is 19.1 Å². The SMILES string of the molecule is CSC1=CC(=O)C2=C(C[C@H]3[C@H]4[C@H](C(=O)O)C[C@@H](C5OC(SC)[C@@H]2N53)N4C)C1=O. The molecule has 2 unspecified atom stereocenters. The Balaban J connectivity index is 1.65. The van der Waals surface area contributed by atoms with Gasteiger partial charge in [0.2, 0.25) is 0 Å². The number of ketones is 2. The molecular formula is C19H22N2O5S2. The zero-order valence-electron chi connectivity index (χ0n) is 15.8. The van der Waals surface area contributed by atoms with Crippen molar-refractivity contribution in [3.05, 3.63) is 22.1 Å². The number of piperazine rings is 1. The minimum Gasteiger partial charge on any atom is -0.481 e. The van der Waals surface area contributed by atoms with Gasteiger partial charge in [0.25, 0.3) is 0 Å². The fourth-order valence-electron chi connectivity index (χ4n) is 5.88. The van der Waals surface area contributed by atoms with Crippen molar-refractivity contribution in [1.82, 2.24) is 9.80 Å². The summed E-state index contributed by atoms with van der Waals surface area (Å²) in [5.74, 6) is -1.48. The van der Waals surface area contributed by atoms with Gasteiger partial charge in [-0.3, -0.25) is 24.2 Å². The average Bonchev–Trinajstić information content (AvgIpc) is 3.17. The van der Waals surface area contributed by atoms with E-state index in [1.54, 1.807) is 18.0 Å². The summed E-state index contributed by atoms with van der Waals surface area (Å²) in [6.07, 6.45) is 5.90. The molecule has 1 N–H and O–H groups in total. The van der Waals surface area contributed by atoms with Gasteiger partial charge in [-0.2, -0.15) is 0 Å². The molecule has 7 nitrogen and oxygen atoms in total. The van der Waals surface area contributed by atoms with Gasteiger partial charge in [0.05, 0.1) is 22.9 Å². The van der Waals surface area contributed by atoms with Gasteiger partial charge >= 0.3 is 5.97 Å². The summed E-state index contributed by atoms with van der Waals surface area (Å²) in [6, 6.07) is -0.647. The van der Waals surface area contributed by atoms with Gasteiger partial charge in [-0.15, -0.1) is 23.5 Å². The summed E-state index contributed by atoms with van der Waals surface area (Å²) in [5.41, 5.74) is 0.890. The number of nitrogens with zero attached hydrogens (tertiary/aromatic N) is 2. The Morgan fingerprint density at radius 3 is 2.68 bits per heavy atom. The molecule has 2 bridgehead atoms. The number of hydrogen-bond acceptors (Lipinski definition) is 8. The fourth-order valence-corrected chi connectivity index (χ4v) is 7.17. The second kappa shape index (κ2) is 6.43. The van der Waals surface area contributed by atoms with Crippen LogP contribution < -0.4 is 0 Å². The lowest BCUT2D eigenvalue weighted by atomic mass is 9.77. The molecule has 0 aromatic heterocycles. The van der Waals surface area contributed by atoms with E-state index in [1.807, 2.05) is 13.3 Å². The third-order valence-corrected chi connectivity index (χ3v) is 8.56. The highest BCUT2D eigenvalue weighted by molar-refractivity contribution is 8.03. The van der Waals surface area contributed by atoms with E-state index in [-0.39, 0.29) is 47.4 Å². The van der Waals surface area contributed by atoms with Crippen LogP contribution in [0.5, 0.6) is 0 Å². The molecule has 5 rings (SSSR count). The minimum atomic E-state index is -0.797. The van der Waals surface area contributed by atoms with Crippen LogP contribution in [0.3, 0.4) is 0 Å². The van der Waals surface area contributed by atoms with E-state index in [0.717, 1.165) is 0 Å². The van der Waals surface area contributed by atoms with Crippen molar-refractivity contribution >= 4 is 41.1 Å². The number of rotatable bonds is 3. The number of carbonyl (C=O) groups is 3. The lowest BCUT2D eigenvalue weighted by Crippen LogP contribution is -2.66. The Hall–Kier alpha value is -1.13. The second-order valence-electron chi connectivity index (χ2n) is 8.00. The maximum absolute atomic E-state index is 13.1. The van der Waals surface area contributed by atoms with E-state index >= 15 is 0 Å². The zero-order chi connectivity index (χ0) is 19.9. The summed E-state index contributed by atoms with van der Waals surface area (Å²) < 4.78 is 6.37. The van der Waals surface area contributed by atoms with Crippen LogP contribution in [0.4, 0.5) is 0 Å². The molecule has 0 aromatic carbocycles. The molecule has 4 aliphatic heterocycles. The van der Waals surface area contributed by atoms with E-state index in [0.29, 0.717) is 28.9 Å². The molecule has 5 aliphatic rings. The number of carboxylic acids is 1. The first kappa shape index (κ1) is 18.9. The normalized spacial score (nSPS) is 42.5. The molecule has 28 heavy (non-hydrogen) atoms. The highest BCUT2D eigenvalue weighted by atomic mass is 32.2.